The van der Waals surface area contributed by atoms with E-state index in [2.05, 4.69) is 15.3 Å². The zero-order chi connectivity index (χ0) is 15.5. The topological polar surface area (TPSA) is 44.3 Å². The van der Waals surface area contributed by atoms with Gasteiger partial charge in [0.05, 0.1) is 6.54 Å². The van der Waals surface area contributed by atoms with E-state index in [4.69, 9.17) is 0 Å². The maximum Gasteiger partial charge on any atom is 0.401 e. The largest absolute Gasteiger partial charge is 0.401 e. The molecule has 0 atom stereocenters. The molecule has 1 N–H and O–H groups in total. The van der Waals surface area contributed by atoms with Gasteiger partial charge in [0.25, 0.3) is 0 Å². The minimum atomic E-state index is -4.13. The molecule has 118 valence electrons. The molecule has 0 unspecified atom stereocenters. The van der Waals surface area contributed by atoms with Gasteiger partial charge in [0.2, 0.25) is 0 Å². The molecule has 0 amide bonds. The van der Waals surface area contributed by atoms with Crippen molar-refractivity contribution in [1.29, 1.82) is 0 Å². The molecule has 1 saturated heterocycles. The Balaban J connectivity index is 2.02. The summed E-state index contributed by atoms with van der Waals surface area (Å²) in [5.41, 5.74) is 0. The molecule has 1 aromatic rings. The van der Waals surface area contributed by atoms with E-state index in [9.17, 15) is 13.2 Å². The van der Waals surface area contributed by atoms with E-state index in [1.54, 1.807) is 7.05 Å². The fraction of sp³-hybridized carbons (Fsp3) is 0.692. The van der Waals surface area contributed by atoms with Crippen LogP contribution in [0, 0.1) is 0 Å². The van der Waals surface area contributed by atoms with Crippen LogP contribution in [0.5, 0.6) is 0 Å². The first-order chi connectivity index (χ1) is 9.91. The molecule has 0 spiro atoms. The summed E-state index contributed by atoms with van der Waals surface area (Å²) in [7, 11) is 1.78. The number of piperazine rings is 1. The highest BCUT2D eigenvalue weighted by molar-refractivity contribution is 5.49. The summed E-state index contributed by atoms with van der Waals surface area (Å²) in [6, 6.07) is 1.83. The van der Waals surface area contributed by atoms with Gasteiger partial charge in [0, 0.05) is 45.7 Å². The average Bonchev–Trinajstić information content (AvgIpc) is 2.45. The Kier molecular flexibility index (Phi) is 4.87. The van der Waals surface area contributed by atoms with Crippen LogP contribution in [-0.4, -0.2) is 60.8 Å². The SMILES string of the molecule is CCc1nc(NC)cc(N2CCN(CC(F)(F)F)CC2)n1. The quantitative estimate of drug-likeness (QED) is 0.918. The molecule has 2 heterocycles. The first-order valence-electron chi connectivity index (χ1n) is 7.01. The Bertz CT molecular complexity index is 447. The van der Waals surface area contributed by atoms with Crippen LogP contribution in [0.1, 0.15) is 12.7 Å². The van der Waals surface area contributed by atoms with Crippen LogP contribution >= 0.6 is 0 Å². The van der Waals surface area contributed by atoms with E-state index in [0.29, 0.717) is 26.2 Å². The summed E-state index contributed by atoms with van der Waals surface area (Å²) < 4.78 is 37.1. The normalized spacial score (nSPS) is 17.1. The molecule has 1 fully saturated rings. The summed E-state index contributed by atoms with van der Waals surface area (Å²) in [6.07, 6.45) is -3.41. The van der Waals surface area contributed by atoms with E-state index >= 15 is 0 Å². The zero-order valence-corrected chi connectivity index (χ0v) is 12.2. The average molecular weight is 303 g/mol. The van der Waals surface area contributed by atoms with Gasteiger partial charge in [0.1, 0.15) is 17.5 Å². The van der Waals surface area contributed by atoms with E-state index < -0.39 is 12.7 Å². The molecular formula is C13H20F3N5. The first-order valence-corrected chi connectivity index (χ1v) is 7.01. The number of aromatic nitrogens is 2. The van der Waals surface area contributed by atoms with Crippen LogP contribution in [0.25, 0.3) is 0 Å². The van der Waals surface area contributed by atoms with Gasteiger partial charge in [-0.1, -0.05) is 6.92 Å². The molecule has 8 heteroatoms. The van der Waals surface area contributed by atoms with Crippen molar-refractivity contribution in [2.75, 3.05) is 50.0 Å². The van der Waals surface area contributed by atoms with E-state index in [1.165, 1.54) is 4.90 Å². The van der Waals surface area contributed by atoms with Crippen LogP contribution in [-0.2, 0) is 6.42 Å². The van der Waals surface area contributed by atoms with E-state index in [-0.39, 0.29) is 0 Å². The molecule has 0 saturated carbocycles. The molecule has 0 aliphatic carbocycles. The van der Waals surface area contributed by atoms with Gasteiger partial charge in [-0.3, -0.25) is 4.90 Å². The number of anilines is 2. The number of hydrogen-bond acceptors (Lipinski definition) is 5. The van der Waals surface area contributed by atoms with Crippen molar-refractivity contribution in [3.63, 3.8) is 0 Å². The predicted octanol–water partition coefficient (Wildman–Crippen LogP) is 1.76. The highest BCUT2D eigenvalue weighted by Gasteiger charge is 2.32. The Labute approximate surface area is 122 Å². The van der Waals surface area contributed by atoms with Gasteiger partial charge in [-0.2, -0.15) is 13.2 Å². The van der Waals surface area contributed by atoms with Crippen molar-refractivity contribution in [3.8, 4) is 0 Å². The minimum absolute atomic E-state index is 0.389. The fourth-order valence-corrected chi connectivity index (χ4v) is 2.32. The molecule has 21 heavy (non-hydrogen) atoms. The Morgan fingerprint density at radius 1 is 1.19 bits per heavy atom. The zero-order valence-electron chi connectivity index (χ0n) is 12.2. The number of nitrogens with zero attached hydrogens (tertiary/aromatic N) is 4. The van der Waals surface area contributed by atoms with Crippen LogP contribution in [0.15, 0.2) is 6.07 Å². The van der Waals surface area contributed by atoms with Gasteiger partial charge in [0.15, 0.2) is 0 Å². The van der Waals surface area contributed by atoms with Gasteiger partial charge in [-0.05, 0) is 0 Å². The highest BCUT2D eigenvalue weighted by atomic mass is 19.4. The van der Waals surface area contributed by atoms with Crippen molar-refractivity contribution >= 4 is 11.6 Å². The number of alkyl halides is 3. The second-order valence-corrected chi connectivity index (χ2v) is 5.01. The fourth-order valence-electron chi connectivity index (χ4n) is 2.32. The minimum Gasteiger partial charge on any atom is -0.373 e. The maximum absolute atomic E-state index is 12.4. The van der Waals surface area contributed by atoms with Crippen molar-refractivity contribution in [3.05, 3.63) is 11.9 Å². The summed E-state index contributed by atoms with van der Waals surface area (Å²) in [4.78, 5) is 12.2. The lowest BCUT2D eigenvalue weighted by Crippen LogP contribution is -2.49. The van der Waals surface area contributed by atoms with Crippen molar-refractivity contribution in [1.82, 2.24) is 14.9 Å². The Morgan fingerprint density at radius 3 is 2.38 bits per heavy atom. The summed E-state index contributed by atoms with van der Waals surface area (Å²) in [5, 5.41) is 2.98. The van der Waals surface area contributed by atoms with Gasteiger partial charge in [-0.15, -0.1) is 0 Å². The smallest absolute Gasteiger partial charge is 0.373 e. The summed E-state index contributed by atoms with van der Waals surface area (Å²) in [5.74, 6) is 2.24. The van der Waals surface area contributed by atoms with Crippen LogP contribution in [0.3, 0.4) is 0 Å². The monoisotopic (exact) mass is 303 g/mol. The second kappa shape index (κ2) is 6.46. The third kappa shape index (κ3) is 4.45. The lowest BCUT2D eigenvalue weighted by molar-refractivity contribution is -0.146. The first kappa shape index (κ1) is 15.8. The molecule has 0 radical (unpaired) electrons. The third-order valence-corrected chi connectivity index (χ3v) is 3.43. The van der Waals surface area contributed by atoms with E-state index in [0.717, 1.165) is 23.9 Å². The standard InChI is InChI=1S/C13H20F3N5/c1-3-10-18-11(17-2)8-12(19-10)21-6-4-20(5-7-21)9-13(14,15)16/h8H,3-7,9H2,1-2H3,(H,17,18,19). The molecule has 0 bridgehead atoms. The van der Waals surface area contributed by atoms with Crippen LogP contribution in [0.4, 0.5) is 24.8 Å². The van der Waals surface area contributed by atoms with Gasteiger partial charge < -0.3 is 10.2 Å². The summed E-state index contributed by atoms with van der Waals surface area (Å²) in [6.45, 7) is 2.99. The lowest BCUT2D eigenvalue weighted by Gasteiger charge is -2.35. The van der Waals surface area contributed by atoms with Gasteiger partial charge >= 0.3 is 6.18 Å². The molecule has 5 nitrogen and oxygen atoms in total. The van der Waals surface area contributed by atoms with Crippen LogP contribution in [0.2, 0.25) is 0 Å². The van der Waals surface area contributed by atoms with Crippen molar-refractivity contribution < 1.29 is 13.2 Å². The summed E-state index contributed by atoms with van der Waals surface area (Å²) >= 11 is 0. The molecule has 1 aliphatic heterocycles. The highest BCUT2D eigenvalue weighted by Crippen LogP contribution is 2.21. The number of aryl methyl sites for hydroxylation is 1. The maximum atomic E-state index is 12.4. The number of rotatable bonds is 4. The third-order valence-electron chi connectivity index (χ3n) is 3.43. The molecule has 2 rings (SSSR count). The van der Waals surface area contributed by atoms with Crippen molar-refractivity contribution in [2.24, 2.45) is 0 Å². The number of hydrogen-bond donors (Lipinski definition) is 1. The van der Waals surface area contributed by atoms with Crippen LogP contribution < -0.4 is 10.2 Å². The number of halogens is 3. The second-order valence-electron chi connectivity index (χ2n) is 5.01. The van der Waals surface area contributed by atoms with E-state index in [1.807, 2.05) is 17.9 Å². The number of nitrogens with one attached hydrogen (secondary N) is 1. The van der Waals surface area contributed by atoms with Gasteiger partial charge in [-0.25, -0.2) is 9.97 Å². The molecule has 1 aliphatic rings. The van der Waals surface area contributed by atoms with Crippen molar-refractivity contribution in [2.45, 2.75) is 19.5 Å². The molecule has 0 aromatic carbocycles. The molecule has 1 aromatic heterocycles. The Hall–Kier alpha value is -1.57. The predicted molar refractivity (Wildman–Crippen MR) is 75.7 cm³/mol. The molecular weight excluding hydrogens is 283 g/mol. The Morgan fingerprint density at radius 2 is 1.86 bits per heavy atom. The lowest BCUT2D eigenvalue weighted by atomic mass is 10.3.